The van der Waals surface area contributed by atoms with Gasteiger partial charge >= 0.3 is 0 Å². The van der Waals surface area contributed by atoms with E-state index >= 15 is 0 Å². The standard InChI is InChI=1S/C12H24N2O2/c1-3-16-9-6-12(15)14-7-4-11(5-8-14)10-13-2/h11,13H,3-10H2,1-2H3. The minimum Gasteiger partial charge on any atom is -0.381 e. The SMILES string of the molecule is CCOCCC(=O)N1CCC(CNC)CC1. The van der Waals surface area contributed by atoms with Gasteiger partial charge in [-0.3, -0.25) is 4.79 Å². The minimum atomic E-state index is 0.247. The molecule has 1 amide bonds. The molecule has 1 heterocycles. The van der Waals surface area contributed by atoms with Crippen LogP contribution in [0.5, 0.6) is 0 Å². The third-order valence-electron chi connectivity index (χ3n) is 3.12. The van der Waals surface area contributed by atoms with Gasteiger partial charge in [0.05, 0.1) is 13.0 Å². The zero-order valence-electron chi connectivity index (χ0n) is 10.5. The van der Waals surface area contributed by atoms with Crippen LogP contribution in [0.4, 0.5) is 0 Å². The number of ether oxygens (including phenoxy) is 1. The lowest BCUT2D eigenvalue weighted by atomic mass is 9.97. The highest BCUT2D eigenvalue weighted by molar-refractivity contribution is 5.76. The van der Waals surface area contributed by atoms with E-state index in [1.807, 2.05) is 18.9 Å². The van der Waals surface area contributed by atoms with Crippen molar-refractivity contribution in [2.75, 3.05) is 39.9 Å². The molecule has 0 radical (unpaired) electrons. The molecule has 94 valence electrons. The second kappa shape index (κ2) is 7.63. The van der Waals surface area contributed by atoms with Crippen LogP contribution < -0.4 is 5.32 Å². The molecule has 0 unspecified atom stereocenters. The summed E-state index contributed by atoms with van der Waals surface area (Å²) in [5.41, 5.74) is 0. The number of likely N-dealkylation sites (tertiary alicyclic amines) is 1. The highest BCUT2D eigenvalue weighted by Gasteiger charge is 2.21. The summed E-state index contributed by atoms with van der Waals surface area (Å²) in [5.74, 6) is 0.984. The molecule has 1 N–H and O–H groups in total. The molecular formula is C12H24N2O2. The second-order valence-corrected chi connectivity index (χ2v) is 4.33. The van der Waals surface area contributed by atoms with Crippen LogP contribution in [0.3, 0.4) is 0 Å². The van der Waals surface area contributed by atoms with Gasteiger partial charge in [-0.05, 0) is 39.3 Å². The highest BCUT2D eigenvalue weighted by atomic mass is 16.5. The number of carbonyl (C=O) groups excluding carboxylic acids is 1. The Morgan fingerprint density at radius 2 is 2.12 bits per heavy atom. The van der Waals surface area contributed by atoms with Crippen LogP contribution in [0.1, 0.15) is 26.2 Å². The zero-order valence-corrected chi connectivity index (χ0v) is 10.5. The van der Waals surface area contributed by atoms with Crippen LogP contribution >= 0.6 is 0 Å². The van der Waals surface area contributed by atoms with Crippen molar-refractivity contribution in [3.63, 3.8) is 0 Å². The van der Waals surface area contributed by atoms with Gasteiger partial charge in [0, 0.05) is 19.7 Å². The fraction of sp³-hybridized carbons (Fsp3) is 0.917. The number of hydrogen-bond donors (Lipinski definition) is 1. The van der Waals surface area contributed by atoms with Crippen molar-refractivity contribution >= 4 is 5.91 Å². The van der Waals surface area contributed by atoms with E-state index in [1.165, 1.54) is 0 Å². The van der Waals surface area contributed by atoms with Crippen LogP contribution in [0, 0.1) is 5.92 Å². The van der Waals surface area contributed by atoms with E-state index in [9.17, 15) is 4.79 Å². The normalized spacial score (nSPS) is 17.8. The Labute approximate surface area is 98.3 Å². The van der Waals surface area contributed by atoms with Gasteiger partial charge in [0.2, 0.25) is 5.91 Å². The Bertz CT molecular complexity index is 201. The topological polar surface area (TPSA) is 41.6 Å². The van der Waals surface area contributed by atoms with E-state index in [1.54, 1.807) is 0 Å². The number of hydrogen-bond acceptors (Lipinski definition) is 3. The van der Waals surface area contributed by atoms with Crippen molar-refractivity contribution in [3.05, 3.63) is 0 Å². The van der Waals surface area contributed by atoms with E-state index in [0.29, 0.717) is 19.6 Å². The predicted octanol–water partition coefficient (Wildman–Crippen LogP) is 0.871. The van der Waals surface area contributed by atoms with Crippen LogP contribution in [-0.2, 0) is 9.53 Å². The first-order chi connectivity index (χ1) is 7.77. The van der Waals surface area contributed by atoms with E-state index < -0.39 is 0 Å². The molecule has 0 aliphatic carbocycles. The molecule has 0 atom stereocenters. The van der Waals surface area contributed by atoms with Crippen LogP contribution in [-0.4, -0.2) is 50.7 Å². The molecule has 0 bridgehead atoms. The maximum absolute atomic E-state index is 11.8. The van der Waals surface area contributed by atoms with Gasteiger partial charge in [0.1, 0.15) is 0 Å². The number of amides is 1. The maximum Gasteiger partial charge on any atom is 0.224 e. The molecule has 0 aromatic heterocycles. The monoisotopic (exact) mass is 228 g/mol. The molecule has 4 nitrogen and oxygen atoms in total. The van der Waals surface area contributed by atoms with Gasteiger partial charge < -0.3 is 15.0 Å². The molecule has 0 aromatic rings. The van der Waals surface area contributed by atoms with Gasteiger partial charge in [0.15, 0.2) is 0 Å². The number of rotatable bonds is 6. The maximum atomic E-state index is 11.8. The minimum absolute atomic E-state index is 0.247. The number of nitrogens with zero attached hydrogens (tertiary/aromatic N) is 1. The fourth-order valence-corrected chi connectivity index (χ4v) is 2.14. The molecule has 16 heavy (non-hydrogen) atoms. The first-order valence-corrected chi connectivity index (χ1v) is 6.28. The predicted molar refractivity (Wildman–Crippen MR) is 64.3 cm³/mol. The number of piperidine rings is 1. The molecule has 1 fully saturated rings. The largest absolute Gasteiger partial charge is 0.381 e. The van der Waals surface area contributed by atoms with E-state index in [-0.39, 0.29) is 5.91 Å². The summed E-state index contributed by atoms with van der Waals surface area (Å²) in [6.45, 7) is 6.10. The summed E-state index contributed by atoms with van der Waals surface area (Å²) in [7, 11) is 1.99. The Kier molecular flexibility index (Phi) is 6.42. The first-order valence-electron chi connectivity index (χ1n) is 6.28. The summed E-state index contributed by atoms with van der Waals surface area (Å²) in [6.07, 6.45) is 2.78. The third kappa shape index (κ3) is 4.49. The van der Waals surface area contributed by atoms with E-state index in [4.69, 9.17) is 4.74 Å². The van der Waals surface area contributed by atoms with Crippen LogP contribution in [0.2, 0.25) is 0 Å². The van der Waals surface area contributed by atoms with Crippen LogP contribution in [0.15, 0.2) is 0 Å². The quantitative estimate of drug-likeness (QED) is 0.686. The number of nitrogens with one attached hydrogen (secondary N) is 1. The molecule has 0 saturated carbocycles. The third-order valence-corrected chi connectivity index (χ3v) is 3.12. The van der Waals surface area contributed by atoms with Crippen LogP contribution in [0.25, 0.3) is 0 Å². The Hall–Kier alpha value is -0.610. The summed E-state index contributed by atoms with van der Waals surface area (Å²) >= 11 is 0. The van der Waals surface area contributed by atoms with E-state index in [2.05, 4.69) is 5.32 Å². The van der Waals surface area contributed by atoms with Gasteiger partial charge in [-0.2, -0.15) is 0 Å². The average molecular weight is 228 g/mol. The van der Waals surface area contributed by atoms with Gasteiger partial charge in [-0.1, -0.05) is 0 Å². The van der Waals surface area contributed by atoms with Crippen molar-refractivity contribution in [2.45, 2.75) is 26.2 Å². The second-order valence-electron chi connectivity index (χ2n) is 4.33. The molecule has 0 aromatic carbocycles. The molecule has 4 heteroatoms. The lowest BCUT2D eigenvalue weighted by molar-refractivity contribution is -0.133. The molecule has 1 saturated heterocycles. The summed E-state index contributed by atoms with van der Waals surface area (Å²) in [5, 5.41) is 3.20. The Morgan fingerprint density at radius 1 is 1.44 bits per heavy atom. The van der Waals surface area contributed by atoms with Crippen molar-refractivity contribution in [1.29, 1.82) is 0 Å². The summed E-state index contributed by atoms with van der Waals surface area (Å²) < 4.78 is 5.20. The molecule has 0 spiro atoms. The van der Waals surface area contributed by atoms with Crippen molar-refractivity contribution in [2.24, 2.45) is 5.92 Å². The molecular weight excluding hydrogens is 204 g/mol. The van der Waals surface area contributed by atoms with Gasteiger partial charge in [-0.25, -0.2) is 0 Å². The highest BCUT2D eigenvalue weighted by Crippen LogP contribution is 2.16. The van der Waals surface area contributed by atoms with Gasteiger partial charge in [-0.15, -0.1) is 0 Å². The van der Waals surface area contributed by atoms with Gasteiger partial charge in [0.25, 0.3) is 0 Å². The Morgan fingerprint density at radius 3 is 2.69 bits per heavy atom. The smallest absolute Gasteiger partial charge is 0.224 e. The van der Waals surface area contributed by atoms with Crippen molar-refractivity contribution in [1.82, 2.24) is 10.2 Å². The van der Waals surface area contributed by atoms with Crippen molar-refractivity contribution in [3.8, 4) is 0 Å². The Balaban J connectivity index is 2.17. The number of carbonyl (C=O) groups is 1. The van der Waals surface area contributed by atoms with E-state index in [0.717, 1.165) is 38.4 Å². The first kappa shape index (κ1) is 13.5. The average Bonchev–Trinajstić information content (AvgIpc) is 2.30. The lowest BCUT2D eigenvalue weighted by Crippen LogP contribution is -2.40. The van der Waals surface area contributed by atoms with Crippen molar-refractivity contribution < 1.29 is 9.53 Å². The zero-order chi connectivity index (χ0) is 11.8. The summed E-state index contributed by atoms with van der Waals surface area (Å²) in [6, 6.07) is 0. The summed E-state index contributed by atoms with van der Waals surface area (Å²) in [4.78, 5) is 13.7. The molecule has 1 aliphatic rings. The fourth-order valence-electron chi connectivity index (χ4n) is 2.14. The molecule has 1 rings (SSSR count). The lowest BCUT2D eigenvalue weighted by Gasteiger charge is -2.32. The molecule has 1 aliphatic heterocycles.